The Labute approximate surface area is 150 Å². The molecular formula is C16H25N6O4+. The van der Waals surface area contributed by atoms with Gasteiger partial charge in [0.2, 0.25) is 0 Å². The quantitative estimate of drug-likeness (QED) is 0.327. The Morgan fingerprint density at radius 2 is 1.96 bits per heavy atom. The largest absolute Gasteiger partial charge is 0.480 e. The molecule has 2 rings (SSSR count). The fraction of sp³-hybridized carbons (Fsp3) is 0.500. The average molecular weight is 365 g/mol. The second-order valence-electron chi connectivity index (χ2n) is 6.92. The molecule has 0 aliphatic rings. The van der Waals surface area contributed by atoms with Crippen LogP contribution in [0, 0.1) is 0 Å². The van der Waals surface area contributed by atoms with Crippen LogP contribution in [0.3, 0.4) is 0 Å². The fourth-order valence-electron chi connectivity index (χ4n) is 2.55. The summed E-state index contributed by atoms with van der Waals surface area (Å²) in [7, 11) is 0. The number of nitrogens with zero attached hydrogens (tertiary/aromatic N) is 2. The minimum Gasteiger partial charge on any atom is -0.480 e. The van der Waals surface area contributed by atoms with E-state index in [-0.39, 0.29) is 6.54 Å². The number of aromatic amines is 1. The van der Waals surface area contributed by atoms with E-state index in [0.717, 1.165) is 5.52 Å². The van der Waals surface area contributed by atoms with Crippen LogP contribution in [0.15, 0.2) is 18.3 Å². The SMILES string of the molecule is CC(C)(CCC(N)C(=O)O)Nc1nc2c(ccc[n+]2CC(N)C(=O)O)[nH]1. The zero-order chi connectivity index (χ0) is 19.5. The molecule has 0 saturated heterocycles. The molecule has 26 heavy (non-hydrogen) atoms. The maximum absolute atomic E-state index is 11.0. The van der Waals surface area contributed by atoms with Gasteiger partial charge < -0.3 is 27.0 Å². The first-order valence-electron chi connectivity index (χ1n) is 8.22. The Hall–Kier alpha value is -2.72. The van der Waals surface area contributed by atoms with E-state index < -0.39 is 29.6 Å². The van der Waals surface area contributed by atoms with E-state index in [0.29, 0.717) is 24.4 Å². The van der Waals surface area contributed by atoms with Crippen molar-refractivity contribution < 1.29 is 24.4 Å². The number of hydrogen-bond donors (Lipinski definition) is 6. The summed E-state index contributed by atoms with van der Waals surface area (Å²) in [5, 5.41) is 21.1. The van der Waals surface area contributed by atoms with Crippen LogP contribution in [0.1, 0.15) is 26.7 Å². The number of carboxylic acid groups (broad SMARTS) is 2. The number of aliphatic carboxylic acids is 2. The molecule has 0 spiro atoms. The monoisotopic (exact) mass is 365 g/mol. The molecule has 10 nitrogen and oxygen atoms in total. The number of anilines is 1. The predicted octanol–water partition coefficient (Wildman–Crippen LogP) is -0.355. The number of imidazole rings is 1. The highest BCUT2D eigenvalue weighted by Crippen LogP contribution is 2.20. The summed E-state index contributed by atoms with van der Waals surface area (Å²) in [5.41, 5.74) is 12.0. The number of carboxylic acids is 2. The summed E-state index contributed by atoms with van der Waals surface area (Å²) >= 11 is 0. The van der Waals surface area contributed by atoms with Crippen LogP contribution in [-0.4, -0.2) is 49.7 Å². The van der Waals surface area contributed by atoms with Crippen LogP contribution >= 0.6 is 0 Å². The van der Waals surface area contributed by atoms with Crippen molar-refractivity contribution in [2.24, 2.45) is 11.5 Å². The molecule has 2 aromatic heterocycles. The maximum Gasteiger partial charge on any atom is 0.351 e. The van der Waals surface area contributed by atoms with Crippen LogP contribution in [-0.2, 0) is 16.1 Å². The van der Waals surface area contributed by atoms with Crippen LogP contribution in [0.5, 0.6) is 0 Å². The first-order valence-corrected chi connectivity index (χ1v) is 8.22. The van der Waals surface area contributed by atoms with Gasteiger partial charge in [-0.2, -0.15) is 0 Å². The number of hydrogen-bond acceptors (Lipinski definition) is 6. The first kappa shape index (κ1) is 19.6. The van der Waals surface area contributed by atoms with Crippen LogP contribution in [0.4, 0.5) is 5.95 Å². The van der Waals surface area contributed by atoms with E-state index in [4.69, 9.17) is 21.7 Å². The average Bonchev–Trinajstić information content (AvgIpc) is 2.94. The molecule has 0 aromatic carbocycles. The lowest BCUT2D eigenvalue weighted by atomic mass is 9.96. The van der Waals surface area contributed by atoms with Gasteiger partial charge in [0.25, 0.3) is 0 Å². The lowest BCUT2D eigenvalue weighted by molar-refractivity contribution is -0.673. The molecule has 2 heterocycles. The zero-order valence-electron chi connectivity index (χ0n) is 14.8. The molecule has 142 valence electrons. The third kappa shape index (κ3) is 4.90. The molecule has 0 aliphatic heterocycles. The van der Waals surface area contributed by atoms with E-state index in [1.807, 2.05) is 19.9 Å². The van der Waals surface area contributed by atoms with Gasteiger partial charge in [-0.1, -0.05) is 0 Å². The second kappa shape index (κ2) is 7.67. The number of pyridine rings is 1. The normalized spacial score (nSPS) is 14.2. The van der Waals surface area contributed by atoms with Gasteiger partial charge in [-0.25, -0.2) is 4.57 Å². The van der Waals surface area contributed by atoms with Gasteiger partial charge >= 0.3 is 23.5 Å². The minimum absolute atomic E-state index is 0.0911. The van der Waals surface area contributed by atoms with Crippen molar-refractivity contribution in [1.29, 1.82) is 0 Å². The third-order valence-corrected chi connectivity index (χ3v) is 4.08. The standard InChI is InChI=1S/C16H24N6O4/c1-16(2,6-5-9(17)13(23)24)21-15-19-11-4-3-7-22(12(11)20-15)8-10(18)14(25)26/h3-4,7,9-10H,5-6,8,17-18H2,1-2H3,(H3,19,21,23,24,25,26)/p+1. The molecule has 2 aromatic rings. The number of nitrogens with one attached hydrogen (secondary N) is 2. The molecule has 0 saturated carbocycles. The smallest absolute Gasteiger partial charge is 0.351 e. The molecule has 8 N–H and O–H groups in total. The molecule has 2 atom stereocenters. The van der Waals surface area contributed by atoms with Gasteiger partial charge in [-0.3, -0.25) is 14.6 Å². The van der Waals surface area contributed by atoms with Crippen molar-refractivity contribution >= 4 is 29.1 Å². The highest BCUT2D eigenvalue weighted by molar-refractivity contribution is 5.73. The molecule has 10 heteroatoms. The predicted molar refractivity (Wildman–Crippen MR) is 94.4 cm³/mol. The number of aromatic nitrogens is 3. The van der Waals surface area contributed by atoms with Crippen molar-refractivity contribution in [2.45, 2.75) is 50.9 Å². The van der Waals surface area contributed by atoms with Crippen LogP contribution in [0.2, 0.25) is 0 Å². The fourth-order valence-corrected chi connectivity index (χ4v) is 2.55. The summed E-state index contributed by atoms with van der Waals surface area (Å²) in [6.07, 6.45) is 2.57. The minimum atomic E-state index is -1.08. The van der Waals surface area contributed by atoms with Gasteiger partial charge in [0, 0.05) is 5.54 Å². The Morgan fingerprint density at radius 3 is 2.58 bits per heavy atom. The van der Waals surface area contributed by atoms with E-state index >= 15 is 0 Å². The Kier molecular flexibility index (Phi) is 5.78. The van der Waals surface area contributed by atoms with Gasteiger partial charge in [0.15, 0.2) is 0 Å². The number of rotatable bonds is 9. The van der Waals surface area contributed by atoms with Gasteiger partial charge in [0.05, 0.1) is 6.20 Å². The van der Waals surface area contributed by atoms with Crippen molar-refractivity contribution in [3.05, 3.63) is 18.3 Å². The molecule has 2 unspecified atom stereocenters. The Balaban J connectivity index is 2.15. The molecule has 0 radical (unpaired) electrons. The number of H-pyrrole nitrogens is 1. The molecule has 0 fully saturated rings. The van der Waals surface area contributed by atoms with E-state index in [2.05, 4.69) is 15.3 Å². The lowest BCUT2D eigenvalue weighted by Gasteiger charge is -2.25. The van der Waals surface area contributed by atoms with Gasteiger partial charge in [-0.15, -0.1) is 0 Å². The van der Waals surface area contributed by atoms with Crippen molar-refractivity contribution in [3.8, 4) is 0 Å². The van der Waals surface area contributed by atoms with E-state index in [9.17, 15) is 9.59 Å². The number of nitrogens with two attached hydrogens (primary N) is 2. The second-order valence-corrected chi connectivity index (χ2v) is 6.92. The molecule has 0 aliphatic carbocycles. The van der Waals surface area contributed by atoms with Crippen LogP contribution in [0.25, 0.3) is 11.2 Å². The summed E-state index contributed by atoms with van der Waals surface area (Å²) in [5.74, 6) is -1.61. The lowest BCUT2D eigenvalue weighted by Crippen LogP contribution is -2.47. The number of fused-ring (bicyclic) bond motifs is 1. The van der Waals surface area contributed by atoms with Crippen molar-refractivity contribution in [3.63, 3.8) is 0 Å². The summed E-state index contributed by atoms with van der Waals surface area (Å²) in [4.78, 5) is 29.4. The summed E-state index contributed by atoms with van der Waals surface area (Å²) < 4.78 is 1.67. The highest BCUT2D eigenvalue weighted by Gasteiger charge is 2.26. The van der Waals surface area contributed by atoms with Crippen molar-refractivity contribution in [1.82, 2.24) is 9.97 Å². The van der Waals surface area contributed by atoms with E-state index in [1.54, 1.807) is 16.8 Å². The molecule has 0 amide bonds. The number of carbonyl (C=O) groups is 2. The molecule has 0 bridgehead atoms. The van der Waals surface area contributed by atoms with Gasteiger partial charge in [0.1, 0.15) is 24.1 Å². The first-order chi connectivity index (χ1) is 12.1. The van der Waals surface area contributed by atoms with Crippen molar-refractivity contribution in [2.75, 3.05) is 5.32 Å². The van der Waals surface area contributed by atoms with E-state index in [1.165, 1.54) is 0 Å². The zero-order valence-corrected chi connectivity index (χ0v) is 14.8. The van der Waals surface area contributed by atoms with Gasteiger partial charge in [-0.05, 0) is 43.8 Å². The highest BCUT2D eigenvalue weighted by atomic mass is 16.4. The third-order valence-electron chi connectivity index (χ3n) is 4.08. The Morgan fingerprint density at radius 1 is 1.31 bits per heavy atom. The summed E-state index contributed by atoms with van der Waals surface area (Å²) in [6, 6.07) is 1.65. The molecular weight excluding hydrogens is 340 g/mol. The topological polar surface area (TPSA) is 171 Å². The van der Waals surface area contributed by atoms with Crippen LogP contribution < -0.4 is 21.4 Å². The Bertz CT molecular complexity index is 803. The maximum atomic E-state index is 11.0. The summed E-state index contributed by atoms with van der Waals surface area (Å²) in [6.45, 7) is 3.93.